The van der Waals surface area contributed by atoms with E-state index >= 15 is 0 Å². The van der Waals surface area contributed by atoms with Crippen molar-refractivity contribution in [2.24, 2.45) is 0 Å². The zero-order chi connectivity index (χ0) is 12.8. The number of aliphatic hydroxyl groups is 1. The molecule has 1 N–H and O–H groups in total. The summed E-state index contributed by atoms with van der Waals surface area (Å²) in [5.74, 6) is 0.255. The first kappa shape index (κ1) is 13.9. The van der Waals surface area contributed by atoms with Crippen LogP contribution in [0.1, 0.15) is 0 Å². The highest BCUT2D eigenvalue weighted by atomic mass is 35.5. The van der Waals surface area contributed by atoms with E-state index < -0.39 is 13.0 Å². The lowest BCUT2D eigenvalue weighted by Gasteiger charge is -2.23. The lowest BCUT2D eigenvalue weighted by molar-refractivity contribution is 0.152. The van der Waals surface area contributed by atoms with Gasteiger partial charge in [-0.05, 0) is 0 Å². The molecule has 1 aromatic heterocycles. The molecule has 0 aliphatic heterocycles. The van der Waals surface area contributed by atoms with Gasteiger partial charge in [-0.25, -0.2) is 18.7 Å². The number of hydrogen-bond donors (Lipinski definition) is 1. The van der Waals surface area contributed by atoms with Crippen LogP contribution >= 0.6 is 11.6 Å². The van der Waals surface area contributed by atoms with Crippen LogP contribution in [0.2, 0.25) is 5.15 Å². The third-order valence-corrected chi connectivity index (χ3v) is 2.24. The molecule has 1 rings (SSSR count). The second-order valence-electron chi connectivity index (χ2n) is 3.08. The summed E-state index contributed by atoms with van der Waals surface area (Å²) in [4.78, 5) is 8.72. The Balaban J connectivity index is 3.04. The summed E-state index contributed by atoms with van der Waals surface area (Å²) in [7, 11) is 1.34. The Labute approximate surface area is 102 Å². The van der Waals surface area contributed by atoms with E-state index in [1.165, 1.54) is 12.0 Å². The van der Waals surface area contributed by atoms with Gasteiger partial charge >= 0.3 is 0 Å². The van der Waals surface area contributed by atoms with Crippen LogP contribution in [0.4, 0.5) is 14.6 Å². The Morgan fingerprint density at radius 2 is 2.24 bits per heavy atom. The number of halogens is 3. The zero-order valence-corrected chi connectivity index (χ0v) is 9.86. The van der Waals surface area contributed by atoms with Crippen LogP contribution in [-0.4, -0.2) is 48.3 Å². The van der Waals surface area contributed by atoms with Crippen molar-refractivity contribution in [3.8, 4) is 5.75 Å². The van der Waals surface area contributed by atoms with Crippen LogP contribution in [0.3, 0.4) is 0 Å². The van der Waals surface area contributed by atoms with Crippen LogP contribution in [0.25, 0.3) is 0 Å². The maximum absolute atomic E-state index is 12.4. The Kier molecular flexibility index (Phi) is 5.30. The van der Waals surface area contributed by atoms with E-state index in [0.29, 0.717) is 0 Å². The van der Waals surface area contributed by atoms with E-state index in [9.17, 15) is 8.78 Å². The number of rotatable bonds is 6. The molecule has 96 valence electrons. The SMILES string of the molecule is COc1c(Cl)ncnc1N(CCO)CC(F)F. The third-order valence-electron chi connectivity index (χ3n) is 1.97. The Hall–Kier alpha value is -1.21. The molecule has 0 aliphatic carbocycles. The van der Waals surface area contributed by atoms with E-state index in [-0.39, 0.29) is 29.9 Å². The molecule has 0 unspecified atom stereocenters. The van der Waals surface area contributed by atoms with Gasteiger partial charge < -0.3 is 14.7 Å². The number of anilines is 1. The van der Waals surface area contributed by atoms with E-state index in [1.807, 2.05) is 0 Å². The largest absolute Gasteiger partial charge is 0.490 e. The van der Waals surface area contributed by atoms with Crippen molar-refractivity contribution >= 4 is 17.4 Å². The first-order valence-corrected chi connectivity index (χ1v) is 5.16. The van der Waals surface area contributed by atoms with E-state index in [1.54, 1.807) is 0 Å². The molecule has 5 nitrogen and oxygen atoms in total. The first-order valence-electron chi connectivity index (χ1n) is 4.78. The average molecular weight is 268 g/mol. The van der Waals surface area contributed by atoms with Gasteiger partial charge in [-0.3, -0.25) is 0 Å². The molecule has 0 amide bonds. The molecule has 1 aromatic rings. The molecule has 17 heavy (non-hydrogen) atoms. The Morgan fingerprint density at radius 3 is 2.76 bits per heavy atom. The molecular formula is C9H12ClF2N3O2. The summed E-state index contributed by atoms with van der Waals surface area (Å²) in [6.07, 6.45) is -1.41. The number of nitrogens with zero attached hydrogens (tertiary/aromatic N) is 3. The highest BCUT2D eigenvalue weighted by molar-refractivity contribution is 6.31. The minimum Gasteiger partial charge on any atom is -0.490 e. The number of hydrogen-bond acceptors (Lipinski definition) is 5. The molecule has 8 heteroatoms. The summed E-state index contributed by atoms with van der Waals surface area (Å²) in [5, 5.41) is 8.88. The molecular weight excluding hydrogens is 256 g/mol. The van der Waals surface area contributed by atoms with Crippen molar-refractivity contribution < 1.29 is 18.6 Å². The predicted octanol–water partition coefficient (Wildman–Crippen LogP) is 1.20. The van der Waals surface area contributed by atoms with Crippen molar-refractivity contribution in [1.29, 1.82) is 0 Å². The summed E-state index contributed by atoms with van der Waals surface area (Å²) >= 11 is 5.76. The van der Waals surface area contributed by atoms with Crippen molar-refractivity contribution in [1.82, 2.24) is 9.97 Å². The average Bonchev–Trinajstić information content (AvgIpc) is 2.27. The maximum atomic E-state index is 12.4. The molecule has 0 bridgehead atoms. The van der Waals surface area contributed by atoms with Gasteiger partial charge in [-0.2, -0.15) is 0 Å². The number of methoxy groups -OCH3 is 1. The van der Waals surface area contributed by atoms with Gasteiger partial charge in [-0.15, -0.1) is 0 Å². The molecule has 0 fully saturated rings. The van der Waals surface area contributed by atoms with Gasteiger partial charge in [0.05, 0.1) is 20.3 Å². The van der Waals surface area contributed by atoms with Gasteiger partial charge in [0.25, 0.3) is 6.43 Å². The van der Waals surface area contributed by atoms with E-state index in [4.69, 9.17) is 21.4 Å². The second kappa shape index (κ2) is 6.51. The topological polar surface area (TPSA) is 58.5 Å². The fraction of sp³-hybridized carbons (Fsp3) is 0.556. The Morgan fingerprint density at radius 1 is 1.53 bits per heavy atom. The molecule has 0 atom stereocenters. The number of ether oxygens (including phenoxy) is 1. The third kappa shape index (κ3) is 3.64. The van der Waals surface area contributed by atoms with E-state index in [2.05, 4.69) is 9.97 Å². The van der Waals surface area contributed by atoms with Gasteiger partial charge in [0, 0.05) is 6.54 Å². The summed E-state index contributed by atoms with van der Waals surface area (Å²) in [6, 6.07) is 0. The maximum Gasteiger partial charge on any atom is 0.255 e. The minimum absolute atomic E-state index is 0.00798. The van der Waals surface area contributed by atoms with Crippen molar-refractivity contribution in [3.63, 3.8) is 0 Å². The van der Waals surface area contributed by atoms with Crippen molar-refractivity contribution in [2.45, 2.75) is 6.43 Å². The number of aromatic nitrogens is 2. The van der Waals surface area contributed by atoms with Gasteiger partial charge in [0.2, 0.25) is 0 Å². The fourth-order valence-electron chi connectivity index (χ4n) is 1.32. The second-order valence-corrected chi connectivity index (χ2v) is 3.44. The zero-order valence-electron chi connectivity index (χ0n) is 9.11. The van der Waals surface area contributed by atoms with Crippen LogP contribution in [0.5, 0.6) is 5.75 Å². The van der Waals surface area contributed by atoms with Crippen molar-refractivity contribution in [2.75, 3.05) is 31.7 Å². The highest BCUT2D eigenvalue weighted by Gasteiger charge is 2.20. The quantitative estimate of drug-likeness (QED) is 0.785. The number of aliphatic hydroxyl groups excluding tert-OH is 1. The van der Waals surface area contributed by atoms with Crippen molar-refractivity contribution in [3.05, 3.63) is 11.5 Å². The lowest BCUT2D eigenvalue weighted by Crippen LogP contribution is -2.32. The Bertz CT molecular complexity index is 368. The number of alkyl halides is 2. The van der Waals surface area contributed by atoms with Crippen LogP contribution in [0, 0.1) is 0 Å². The summed E-state index contributed by atoms with van der Waals surface area (Å²) < 4.78 is 29.7. The summed E-state index contributed by atoms with van der Waals surface area (Å²) in [6.45, 7) is -0.837. The normalized spacial score (nSPS) is 10.7. The van der Waals surface area contributed by atoms with Crippen LogP contribution in [0.15, 0.2) is 6.33 Å². The van der Waals surface area contributed by atoms with Crippen LogP contribution in [-0.2, 0) is 0 Å². The predicted molar refractivity (Wildman–Crippen MR) is 58.9 cm³/mol. The van der Waals surface area contributed by atoms with Crippen LogP contribution < -0.4 is 9.64 Å². The van der Waals surface area contributed by atoms with Gasteiger partial charge in [0.15, 0.2) is 16.7 Å². The molecule has 0 saturated heterocycles. The molecule has 0 aliphatic rings. The highest BCUT2D eigenvalue weighted by Crippen LogP contribution is 2.31. The van der Waals surface area contributed by atoms with E-state index in [0.717, 1.165) is 6.33 Å². The summed E-state index contributed by atoms with van der Waals surface area (Å²) in [5.41, 5.74) is 0. The first-order chi connectivity index (χ1) is 8.10. The molecule has 0 spiro atoms. The molecule has 0 saturated carbocycles. The lowest BCUT2D eigenvalue weighted by atomic mass is 10.4. The van der Waals surface area contributed by atoms with Gasteiger partial charge in [-0.1, -0.05) is 11.6 Å². The molecule has 0 radical (unpaired) electrons. The molecule has 0 aromatic carbocycles. The standard InChI is InChI=1S/C9H12ClF2N3O2/c1-17-7-8(10)13-5-14-9(7)15(2-3-16)4-6(11)12/h5-6,16H,2-4H2,1H3. The smallest absolute Gasteiger partial charge is 0.255 e. The minimum atomic E-state index is -2.56. The fourth-order valence-corrected chi connectivity index (χ4v) is 1.52. The monoisotopic (exact) mass is 267 g/mol. The van der Waals surface area contributed by atoms with Gasteiger partial charge in [0.1, 0.15) is 6.33 Å². The molecule has 1 heterocycles.